The zero-order valence-electron chi connectivity index (χ0n) is 6.10. The first-order chi connectivity index (χ1) is 5.11. The van der Waals surface area contributed by atoms with E-state index in [4.69, 9.17) is 5.73 Å². The summed E-state index contributed by atoms with van der Waals surface area (Å²) in [7, 11) is 0. The van der Waals surface area contributed by atoms with Crippen LogP contribution in [0.2, 0.25) is 0 Å². The Bertz CT molecular complexity index is 296. The van der Waals surface area contributed by atoms with Crippen molar-refractivity contribution in [3.8, 4) is 0 Å². The second kappa shape index (κ2) is 3.05. The van der Waals surface area contributed by atoms with Gasteiger partial charge in [0.1, 0.15) is 0 Å². The van der Waals surface area contributed by atoms with Gasteiger partial charge < -0.3 is 5.73 Å². The molecule has 0 amide bonds. The first-order valence-electron chi connectivity index (χ1n) is 3.17. The summed E-state index contributed by atoms with van der Waals surface area (Å²) < 4.78 is 0.769. The van der Waals surface area contributed by atoms with E-state index in [2.05, 4.69) is 15.9 Å². The number of nitrogen functional groups attached to an aromatic ring is 1. The summed E-state index contributed by atoms with van der Waals surface area (Å²) in [6, 6.07) is 5.14. The maximum Gasteiger partial charge on any atom is 0.159 e. The lowest BCUT2D eigenvalue weighted by molar-refractivity contribution is 0.101. The maximum atomic E-state index is 10.8. The van der Waals surface area contributed by atoms with Crippen LogP contribution in [-0.2, 0) is 0 Å². The van der Waals surface area contributed by atoms with Crippen molar-refractivity contribution >= 4 is 27.4 Å². The molecule has 11 heavy (non-hydrogen) atoms. The highest BCUT2D eigenvalue weighted by molar-refractivity contribution is 9.10. The summed E-state index contributed by atoms with van der Waals surface area (Å²) in [5.41, 5.74) is 6.85. The van der Waals surface area contributed by atoms with Crippen LogP contribution < -0.4 is 5.73 Å². The standard InChI is InChI=1S/C8H8BrNO/c1-5(11)6-2-3-8(10)7(9)4-6/h2-4H,10H2,1H3. The summed E-state index contributed by atoms with van der Waals surface area (Å²) in [4.78, 5) is 10.8. The van der Waals surface area contributed by atoms with Crippen LogP contribution in [0, 0.1) is 0 Å². The Morgan fingerprint density at radius 3 is 2.64 bits per heavy atom. The summed E-state index contributed by atoms with van der Waals surface area (Å²) in [5, 5.41) is 0. The molecule has 0 aliphatic rings. The third-order valence-electron chi connectivity index (χ3n) is 1.41. The van der Waals surface area contributed by atoms with E-state index in [0.29, 0.717) is 11.3 Å². The van der Waals surface area contributed by atoms with Gasteiger partial charge in [0.25, 0.3) is 0 Å². The number of benzene rings is 1. The minimum Gasteiger partial charge on any atom is -0.398 e. The lowest BCUT2D eigenvalue weighted by Gasteiger charge is -1.99. The maximum absolute atomic E-state index is 10.8. The van der Waals surface area contributed by atoms with Crippen LogP contribution in [0.25, 0.3) is 0 Å². The number of carbonyl (C=O) groups is 1. The van der Waals surface area contributed by atoms with Crippen molar-refractivity contribution in [1.29, 1.82) is 0 Å². The average molecular weight is 214 g/mol. The van der Waals surface area contributed by atoms with Crippen LogP contribution in [0.5, 0.6) is 0 Å². The number of carbonyl (C=O) groups excluding carboxylic acids is 1. The number of halogens is 1. The largest absolute Gasteiger partial charge is 0.398 e. The number of hydrogen-bond donors (Lipinski definition) is 1. The predicted molar refractivity (Wildman–Crippen MR) is 48.6 cm³/mol. The zero-order valence-corrected chi connectivity index (χ0v) is 7.68. The molecule has 0 heterocycles. The van der Waals surface area contributed by atoms with Crippen LogP contribution in [-0.4, -0.2) is 5.78 Å². The predicted octanol–water partition coefficient (Wildman–Crippen LogP) is 2.23. The average Bonchev–Trinajstić information content (AvgIpc) is 1.94. The van der Waals surface area contributed by atoms with Gasteiger partial charge >= 0.3 is 0 Å². The Balaban J connectivity index is 3.15. The van der Waals surface area contributed by atoms with Crippen molar-refractivity contribution in [2.24, 2.45) is 0 Å². The molecule has 0 aliphatic heterocycles. The van der Waals surface area contributed by atoms with Gasteiger partial charge in [0.15, 0.2) is 5.78 Å². The van der Waals surface area contributed by atoms with Gasteiger partial charge in [-0.25, -0.2) is 0 Å². The van der Waals surface area contributed by atoms with E-state index in [1.165, 1.54) is 6.92 Å². The van der Waals surface area contributed by atoms with Crippen LogP contribution in [0.1, 0.15) is 17.3 Å². The Morgan fingerprint density at radius 2 is 2.18 bits per heavy atom. The number of Topliss-reactive ketones (excluding diaryl/α,β-unsaturated/α-hetero) is 1. The molecular weight excluding hydrogens is 206 g/mol. The Hall–Kier alpha value is -0.830. The third-order valence-corrected chi connectivity index (χ3v) is 2.09. The van der Waals surface area contributed by atoms with Gasteiger partial charge in [-0.05, 0) is 41.1 Å². The first kappa shape index (κ1) is 8.27. The molecule has 0 aliphatic carbocycles. The highest BCUT2D eigenvalue weighted by Gasteiger charge is 2.00. The molecule has 0 aromatic heterocycles. The van der Waals surface area contributed by atoms with Crippen molar-refractivity contribution < 1.29 is 4.79 Å². The molecule has 3 heteroatoms. The zero-order chi connectivity index (χ0) is 8.43. The number of ketones is 1. The fourth-order valence-electron chi connectivity index (χ4n) is 0.746. The highest BCUT2D eigenvalue weighted by atomic mass is 79.9. The van der Waals surface area contributed by atoms with E-state index in [1.807, 2.05) is 0 Å². The van der Waals surface area contributed by atoms with Crippen molar-refractivity contribution in [3.05, 3.63) is 28.2 Å². The smallest absolute Gasteiger partial charge is 0.159 e. The van der Waals surface area contributed by atoms with E-state index in [1.54, 1.807) is 18.2 Å². The second-order valence-corrected chi connectivity index (χ2v) is 3.15. The highest BCUT2D eigenvalue weighted by Crippen LogP contribution is 2.20. The summed E-state index contributed by atoms with van der Waals surface area (Å²) in [5.74, 6) is 0.0469. The molecule has 1 aromatic rings. The topological polar surface area (TPSA) is 43.1 Å². The van der Waals surface area contributed by atoms with Gasteiger partial charge in [0.2, 0.25) is 0 Å². The molecule has 0 unspecified atom stereocenters. The number of nitrogens with two attached hydrogens (primary N) is 1. The Kier molecular flexibility index (Phi) is 2.29. The van der Waals surface area contributed by atoms with Gasteiger partial charge in [-0.3, -0.25) is 4.79 Å². The van der Waals surface area contributed by atoms with Crippen molar-refractivity contribution in [2.75, 3.05) is 5.73 Å². The van der Waals surface area contributed by atoms with Gasteiger partial charge in [-0.2, -0.15) is 0 Å². The molecule has 2 N–H and O–H groups in total. The Labute approximate surface area is 73.5 Å². The first-order valence-corrected chi connectivity index (χ1v) is 3.96. The number of rotatable bonds is 1. The van der Waals surface area contributed by atoms with Gasteiger partial charge in [-0.1, -0.05) is 0 Å². The van der Waals surface area contributed by atoms with E-state index in [0.717, 1.165) is 4.47 Å². The second-order valence-electron chi connectivity index (χ2n) is 2.29. The third kappa shape index (κ3) is 1.80. The van der Waals surface area contributed by atoms with E-state index >= 15 is 0 Å². The molecule has 0 saturated heterocycles. The molecular formula is C8H8BrNO. The molecule has 0 saturated carbocycles. The van der Waals surface area contributed by atoms with E-state index < -0.39 is 0 Å². The molecule has 0 bridgehead atoms. The van der Waals surface area contributed by atoms with Gasteiger partial charge in [-0.15, -0.1) is 0 Å². The summed E-state index contributed by atoms with van der Waals surface area (Å²) in [6.45, 7) is 1.53. The fourth-order valence-corrected chi connectivity index (χ4v) is 1.12. The monoisotopic (exact) mass is 213 g/mol. The summed E-state index contributed by atoms with van der Waals surface area (Å²) in [6.07, 6.45) is 0. The van der Waals surface area contributed by atoms with E-state index in [9.17, 15) is 4.79 Å². The fraction of sp³-hybridized carbons (Fsp3) is 0.125. The quantitative estimate of drug-likeness (QED) is 0.575. The minimum absolute atomic E-state index is 0.0469. The van der Waals surface area contributed by atoms with Gasteiger partial charge in [0, 0.05) is 15.7 Å². The van der Waals surface area contributed by atoms with Crippen LogP contribution in [0.3, 0.4) is 0 Å². The SMILES string of the molecule is CC(=O)c1ccc(N)c(Br)c1. The molecule has 0 atom stereocenters. The van der Waals surface area contributed by atoms with E-state index in [-0.39, 0.29) is 5.78 Å². The van der Waals surface area contributed by atoms with Crippen LogP contribution in [0.15, 0.2) is 22.7 Å². The molecule has 0 fully saturated rings. The van der Waals surface area contributed by atoms with Crippen molar-refractivity contribution in [1.82, 2.24) is 0 Å². The molecule has 2 nitrogen and oxygen atoms in total. The number of hydrogen-bond acceptors (Lipinski definition) is 2. The molecule has 0 spiro atoms. The minimum atomic E-state index is 0.0469. The molecule has 1 aromatic carbocycles. The van der Waals surface area contributed by atoms with Crippen molar-refractivity contribution in [3.63, 3.8) is 0 Å². The lowest BCUT2D eigenvalue weighted by atomic mass is 10.1. The van der Waals surface area contributed by atoms with Crippen molar-refractivity contribution in [2.45, 2.75) is 6.92 Å². The number of anilines is 1. The molecule has 1 rings (SSSR count). The normalized spacial score (nSPS) is 9.64. The molecule has 58 valence electrons. The summed E-state index contributed by atoms with van der Waals surface area (Å²) >= 11 is 3.24. The van der Waals surface area contributed by atoms with Crippen LogP contribution >= 0.6 is 15.9 Å². The lowest BCUT2D eigenvalue weighted by Crippen LogP contribution is -1.93. The van der Waals surface area contributed by atoms with Crippen LogP contribution in [0.4, 0.5) is 5.69 Å². The molecule has 0 radical (unpaired) electrons. The Morgan fingerprint density at radius 1 is 1.55 bits per heavy atom. The van der Waals surface area contributed by atoms with Gasteiger partial charge in [0.05, 0.1) is 0 Å².